The van der Waals surface area contributed by atoms with E-state index in [0.29, 0.717) is 0 Å². The van der Waals surface area contributed by atoms with E-state index in [1.165, 1.54) is 22.3 Å². The SMILES string of the molecule is CC1=C(C)[C](C)([Rh-]([Cl])[Cl])C(C)=C1C. The molecule has 0 amide bonds. The summed E-state index contributed by atoms with van der Waals surface area (Å²) in [6, 6.07) is 0. The zero-order valence-electron chi connectivity index (χ0n) is 8.59. The molecular weight excluding hydrogens is 294 g/mol. The van der Waals surface area contributed by atoms with E-state index >= 15 is 0 Å². The number of hydrogen-bond donors (Lipinski definition) is 0. The van der Waals surface area contributed by atoms with Crippen molar-refractivity contribution in [1.82, 2.24) is 0 Å². The number of rotatable bonds is 1. The van der Waals surface area contributed by atoms with Crippen molar-refractivity contribution in [3.63, 3.8) is 0 Å². The van der Waals surface area contributed by atoms with E-state index in [2.05, 4.69) is 34.6 Å². The fourth-order valence-corrected chi connectivity index (χ4v) is 5.50. The Balaban J connectivity index is 3.31. The van der Waals surface area contributed by atoms with E-state index in [1.807, 2.05) is 0 Å². The number of allylic oxidation sites excluding steroid dienone is 4. The molecule has 0 aliphatic heterocycles. The van der Waals surface area contributed by atoms with Crippen molar-refractivity contribution < 1.29 is 14.0 Å². The van der Waals surface area contributed by atoms with Crippen LogP contribution in [0.1, 0.15) is 34.6 Å². The molecule has 0 radical (unpaired) electrons. The Labute approximate surface area is 94.0 Å². The maximum atomic E-state index is 6.17. The van der Waals surface area contributed by atoms with Gasteiger partial charge in [0.15, 0.2) is 0 Å². The standard InChI is InChI=1S/C10H15.2ClH.Rh/c1-6-7(2)9(4)10(5)8(6)3;;;/h1-5H3;2*1H;/q;;;+1/p-2. The van der Waals surface area contributed by atoms with Crippen LogP contribution in [0.3, 0.4) is 0 Å². The average Bonchev–Trinajstić information content (AvgIpc) is 2.22. The summed E-state index contributed by atoms with van der Waals surface area (Å²) in [7, 11) is 12.3. The summed E-state index contributed by atoms with van der Waals surface area (Å²) in [5.41, 5.74) is 5.47. The third-order valence-electron chi connectivity index (χ3n) is 3.31. The molecule has 79 valence electrons. The topological polar surface area (TPSA) is 0 Å². The first-order valence-corrected chi connectivity index (χ1v) is 9.21. The minimum atomic E-state index is -1.62. The van der Waals surface area contributed by atoms with Crippen LogP contribution < -0.4 is 0 Å². The van der Waals surface area contributed by atoms with Gasteiger partial charge in [-0.2, -0.15) is 0 Å². The molecule has 0 aromatic rings. The Morgan fingerprint density at radius 2 is 1.23 bits per heavy atom. The summed E-state index contributed by atoms with van der Waals surface area (Å²) in [5, 5.41) is 0. The Hall–Kier alpha value is 0.683. The monoisotopic (exact) mass is 308 g/mol. The van der Waals surface area contributed by atoms with Gasteiger partial charge in [0.25, 0.3) is 0 Å². The summed E-state index contributed by atoms with van der Waals surface area (Å²) in [4.78, 5) is 0. The molecule has 1 rings (SSSR count). The Morgan fingerprint density at radius 3 is 1.38 bits per heavy atom. The summed E-state index contributed by atoms with van der Waals surface area (Å²) in [6.45, 7) is 10.8. The second kappa shape index (κ2) is 3.68. The van der Waals surface area contributed by atoms with Crippen LogP contribution >= 0.6 is 19.4 Å². The molecule has 0 aromatic carbocycles. The molecule has 0 aromatic heterocycles. The molecule has 1 aliphatic carbocycles. The van der Waals surface area contributed by atoms with Crippen LogP contribution in [-0.2, 0) is 14.0 Å². The molecule has 0 atom stereocenters. The molecular formula is C10H15Cl2Rh-. The van der Waals surface area contributed by atoms with Gasteiger partial charge in [0.1, 0.15) is 0 Å². The van der Waals surface area contributed by atoms with Crippen molar-refractivity contribution in [3.8, 4) is 0 Å². The van der Waals surface area contributed by atoms with E-state index in [1.54, 1.807) is 0 Å². The second-order valence-corrected chi connectivity index (χ2v) is 9.87. The molecule has 1 aliphatic rings. The van der Waals surface area contributed by atoms with Gasteiger partial charge >= 0.3 is 94.3 Å². The predicted octanol–water partition coefficient (Wildman–Crippen LogP) is 4.78. The zero-order valence-corrected chi connectivity index (χ0v) is 11.7. The van der Waals surface area contributed by atoms with Gasteiger partial charge < -0.3 is 0 Å². The molecule has 0 fully saturated rings. The third-order valence-corrected chi connectivity index (χ3v) is 8.76. The Bertz CT molecular complexity index is 276. The normalized spacial score (nSPS) is 22.8. The van der Waals surface area contributed by atoms with Gasteiger partial charge in [-0.15, -0.1) is 0 Å². The van der Waals surface area contributed by atoms with Crippen molar-refractivity contribution in [3.05, 3.63) is 22.3 Å². The fraction of sp³-hybridized carbons (Fsp3) is 0.600. The molecule has 0 unspecified atom stereocenters. The summed E-state index contributed by atoms with van der Waals surface area (Å²) >= 11 is -1.62. The summed E-state index contributed by atoms with van der Waals surface area (Å²) < 4.78 is -0.0255. The van der Waals surface area contributed by atoms with Crippen LogP contribution in [0, 0.1) is 0 Å². The van der Waals surface area contributed by atoms with E-state index in [0.717, 1.165) is 0 Å². The van der Waals surface area contributed by atoms with Gasteiger partial charge in [-0.25, -0.2) is 0 Å². The van der Waals surface area contributed by atoms with Crippen LogP contribution in [0.25, 0.3) is 0 Å². The van der Waals surface area contributed by atoms with Gasteiger partial charge in [-0.3, -0.25) is 0 Å². The van der Waals surface area contributed by atoms with E-state index in [4.69, 9.17) is 19.4 Å². The Kier molecular flexibility index (Phi) is 3.33. The molecule has 0 nitrogen and oxygen atoms in total. The van der Waals surface area contributed by atoms with Gasteiger partial charge in [0, 0.05) is 0 Å². The third kappa shape index (κ3) is 1.54. The number of halogens is 2. The van der Waals surface area contributed by atoms with Gasteiger partial charge in [-0.05, 0) is 0 Å². The first kappa shape index (κ1) is 11.8. The second-order valence-electron chi connectivity index (χ2n) is 3.63. The van der Waals surface area contributed by atoms with Crippen LogP contribution in [0.15, 0.2) is 22.3 Å². The van der Waals surface area contributed by atoms with Crippen LogP contribution in [0.5, 0.6) is 0 Å². The zero-order chi connectivity index (χ0) is 10.4. The van der Waals surface area contributed by atoms with Crippen molar-refractivity contribution >= 4 is 19.4 Å². The van der Waals surface area contributed by atoms with Gasteiger partial charge in [0.2, 0.25) is 0 Å². The predicted molar refractivity (Wildman–Crippen MR) is 56.8 cm³/mol. The van der Waals surface area contributed by atoms with Crippen LogP contribution in [-0.4, -0.2) is 0 Å². The summed E-state index contributed by atoms with van der Waals surface area (Å²) in [6.07, 6.45) is 0. The van der Waals surface area contributed by atoms with Crippen LogP contribution in [0.4, 0.5) is 0 Å². The first-order valence-electron chi connectivity index (χ1n) is 4.17. The minimum absolute atomic E-state index is 0.0255. The molecule has 13 heavy (non-hydrogen) atoms. The first-order chi connectivity index (χ1) is 5.83. The van der Waals surface area contributed by atoms with E-state index < -0.39 is 14.0 Å². The van der Waals surface area contributed by atoms with Gasteiger partial charge in [-0.1, -0.05) is 0 Å². The molecule has 0 spiro atoms. The summed E-state index contributed by atoms with van der Waals surface area (Å²) in [5.74, 6) is 0. The van der Waals surface area contributed by atoms with Gasteiger partial charge in [0.05, 0.1) is 0 Å². The molecule has 0 bridgehead atoms. The van der Waals surface area contributed by atoms with Crippen molar-refractivity contribution in [2.75, 3.05) is 0 Å². The van der Waals surface area contributed by atoms with Crippen molar-refractivity contribution in [2.24, 2.45) is 0 Å². The quantitative estimate of drug-likeness (QED) is 0.612. The Morgan fingerprint density at radius 1 is 0.923 bits per heavy atom. The molecule has 3 heteroatoms. The van der Waals surface area contributed by atoms with Crippen molar-refractivity contribution in [2.45, 2.75) is 38.6 Å². The maximum absolute atomic E-state index is 6.17. The molecule has 0 saturated heterocycles. The average molecular weight is 309 g/mol. The van der Waals surface area contributed by atoms with Crippen LogP contribution in [0.2, 0.25) is 4.01 Å². The van der Waals surface area contributed by atoms with Crippen molar-refractivity contribution in [1.29, 1.82) is 0 Å². The molecule has 0 N–H and O–H groups in total. The van der Waals surface area contributed by atoms with E-state index in [9.17, 15) is 0 Å². The number of hydrogen-bond acceptors (Lipinski definition) is 0. The fourth-order valence-electron chi connectivity index (χ4n) is 1.72. The molecule has 0 saturated carbocycles. The molecule has 0 heterocycles. The van der Waals surface area contributed by atoms with E-state index in [-0.39, 0.29) is 4.01 Å².